The molecule has 0 radical (unpaired) electrons. The first kappa shape index (κ1) is 15.8. The molecular weight excluding hydrogens is 341 g/mol. The van der Waals surface area contributed by atoms with Crippen LogP contribution in [0.4, 0.5) is 10.2 Å². The number of hydrogen-bond acceptors (Lipinski definition) is 2. The van der Waals surface area contributed by atoms with Gasteiger partial charge in [0.15, 0.2) is 0 Å². The highest BCUT2D eigenvalue weighted by Gasteiger charge is 2.31. The quantitative estimate of drug-likeness (QED) is 0.568. The van der Waals surface area contributed by atoms with Gasteiger partial charge >= 0.3 is 0 Å². The summed E-state index contributed by atoms with van der Waals surface area (Å²) in [6.45, 7) is 0. The molecule has 0 saturated carbocycles. The Morgan fingerprint density at radius 2 is 1.74 bits per heavy atom. The Morgan fingerprint density at radius 3 is 2.59 bits per heavy atom. The lowest BCUT2D eigenvalue weighted by Gasteiger charge is -2.25. The lowest BCUT2D eigenvalue weighted by Crippen LogP contribution is -2.24. The Labute approximate surface area is 155 Å². The monoisotopic (exact) mass is 357 g/mol. The molecule has 5 heteroatoms. The van der Waals surface area contributed by atoms with Crippen molar-refractivity contribution in [2.24, 2.45) is 0 Å². The van der Waals surface area contributed by atoms with E-state index in [-0.39, 0.29) is 17.6 Å². The van der Waals surface area contributed by atoms with Gasteiger partial charge in [-0.25, -0.2) is 9.07 Å². The fourth-order valence-electron chi connectivity index (χ4n) is 3.83. The van der Waals surface area contributed by atoms with Gasteiger partial charge in [0.05, 0.1) is 11.9 Å². The minimum atomic E-state index is -0.308. The van der Waals surface area contributed by atoms with Gasteiger partial charge in [-0.1, -0.05) is 42.5 Å². The minimum absolute atomic E-state index is 0.0516. The lowest BCUT2D eigenvalue weighted by molar-refractivity contribution is -0.116. The highest BCUT2D eigenvalue weighted by molar-refractivity contribution is 5.96. The molecular formula is C22H16FN3O. The van der Waals surface area contributed by atoms with Crippen LogP contribution in [0.15, 0.2) is 72.9 Å². The van der Waals surface area contributed by atoms with Gasteiger partial charge in [0.25, 0.3) is 0 Å². The molecule has 4 aromatic rings. The molecule has 132 valence electrons. The highest BCUT2D eigenvalue weighted by atomic mass is 19.1. The number of rotatable bonds is 2. The van der Waals surface area contributed by atoms with E-state index in [4.69, 9.17) is 0 Å². The Balaban J connectivity index is 1.67. The number of nitrogens with zero attached hydrogens (tertiary/aromatic N) is 2. The number of fused-ring (bicyclic) bond motifs is 2. The summed E-state index contributed by atoms with van der Waals surface area (Å²) in [7, 11) is 0. The average Bonchev–Trinajstić information content (AvgIpc) is 3.11. The first-order valence-corrected chi connectivity index (χ1v) is 8.82. The van der Waals surface area contributed by atoms with Gasteiger partial charge in [0, 0.05) is 17.9 Å². The van der Waals surface area contributed by atoms with E-state index in [1.54, 1.807) is 23.0 Å². The molecule has 4 nitrogen and oxygen atoms in total. The molecule has 1 aliphatic rings. The molecule has 1 amide bonds. The second-order valence-corrected chi connectivity index (χ2v) is 6.71. The molecule has 27 heavy (non-hydrogen) atoms. The third kappa shape index (κ3) is 2.59. The number of benzene rings is 3. The van der Waals surface area contributed by atoms with Crippen molar-refractivity contribution in [3.8, 4) is 5.69 Å². The van der Waals surface area contributed by atoms with Crippen molar-refractivity contribution in [2.45, 2.75) is 12.3 Å². The zero-order valence-electron chi connectivity index (χ0n) is 14.4. The van der Waals surface area contributed by atoms with E-state index < -0.39 is 0 Å². The van der Waals surface area contributed by atoms with E-state index in [2.05, 4.69) is 34.7 Å². The van der Waals surface area contributed by atoms with Crippen LogP contribution in [0.25, 0.3) is 16.5 Å². The van der Waals surface area contributed by atoms with Crippen molar-refractivity contribution in [3.63, 3.8) is 0 Å². The van der Waals surface area contributed by atoms with Crippen LogP contribution >= 0.6 is 0 Å². The summed E-state index contributed by atoms with van der Waals surface area (Å²) in [5.74, 6) is 0.214. The predicted octanol–water partition coefficient (Wildman–Crippen LogP) is 4.64. The normalized spacial score (nSPS) is 16.2. The van der Waals surface area contributed by atoms with Crippen LogP contribution in [0.1, 0.15) is 23.5 Å². The van der Waals surface area contributed by atoms with Crippen molar-refractivity contribution in [2.75, 3.05) is 5.32 Å². The molecule has 0 saturated heterocycles. The second kappa shape index (κ2) is 6.06. The van der Waals surface area contributed by atoms with Crippen LogP contribution < -0.4 is 5.32 Å². The summed E-state index contributed by atoms with van der Waals surface area (Å²) >= 11 is 0. The fourth-order valence-corrected chi connectivity index (χ4v) is 3.83. The number of halogens is 1. The standard InChI is InChI=1S/C22H16FN3O/c23-15-8-10-16(11-9-15)26-22-20(13-24-26)19(12-21(27)25-22)18-7-3-5-14-4-1-2-6-17(14)18/h1-11,13,19H,12H2,(H,25,27)/t19-/m0/s1. The topological polar surface area (TPSA) is 46.9 Å². The van der Waals surface area contributed by atoms with Crippen LogP contribution in [0.2, 0.25) is 0 Å². The van der Waals surface area contributed by atoms with Crippen molar-refractivity contribution >= 4 is 22.5 Å². The van der Waals surface area contributed by atoms with Crippen molar-refractivity contribution in [3.05, 3.63) is 89.9 Å². The molecule has 1 aromatic heterocycles. The summed E-state index contributed by atoms with van der Waals surface area (Å²) in [5.41, 5.74) is 2.79. The molecule has 1 aliphatic heterocycles. The molecule has 2 heterocycles. The SMILES string of the molecule is O=C1C[C@@H](c2cccc3ccccc23)c2cnn(-c3ccc(F)cc3)c2N1. The van der Waals surface area contributed by atoms with E-state index in [1.807, 2.05) is 18.2 Å². The fraction of sp³-hybridized carbons (Fsp3) is 0.0909. The summed E-state index contributed by atoms with van der Waals surface area (Å²) in [6.07, 6.45) is 2.17. The van der Waals surface area contributed by atoms with E-state index in [0.29, 0.717) is 17.9 Å². The van der Waals surface area contributed by atoms with E-state index in [0.717, 1.165) is 21.9 Å². The largest absolute Gasteiger partial charge is 0.310 e. The Morgan fingerprint density at radius 1 is 0.963 bits per heavy atom. The van der Waals surface area contributed by atoms with Crippen molar-refractivity contribution < 1.29 is 9.18 Å². The molecule has 0 aliphatic carbocycles. The molecule has 5 rings (SSSR count). The molecule has 0 spiro atoms. The number of hydrogen-bond donors (Lipinski definition) is 1. The van der Waals surface area contributed by atoms with Crippen LogP contribution in [-0.2, 0) is 4.79 Å². The van der Waals surface area contributed by atoms with Gasteiger partial charge in [-0.15, -0.1) is 0 Å². The number of anilines is 1. The van der Waals surface area contributed by atoms with Crippen LogP contribution in [-0.4, -0.2) is 15.7 Å². The van der Waals surface area contributed by atoms with Crippen LogP contribution in [0, 0.1) is 5.82 Å². The van der Waals surface area contributed by atoms with Crippen molar-refractivity contribution in [1.82, 2.24) is 9.78 Å². The summed E-state index contributed by atoms with van der Waals surface area (Å²) < 4.78 is 14.9. The van der Waals surface area contributed by atoms with Crippen LogP contribution in [0.5, 0.6) is 0 Å². The van der Waals surface area contributed by atoms with Gasteiger partial charge in [0.1, 0.15) is 11.6 Å². The van der Waals surface area contributed by atoms with E-state index in [1.165, 1.54) is 12.1 Å². The maximum absolute atomic E-state index is 13.3. The van der Waals surface area contributed by atoms with Crippen LogP contribution in [0.3, 0.4) is 0 Å². The highest BCUT2D eigenvalue weighted by Crippen LogP contribution is 2.40. The molecule has 1 N–H and O–H groups in total. The molecule has 3 aromatic carbocycles. The Kier molecular flexibility index (Phi) is 3.53. The van der Waals surface area contributed by atoms with E-state index in [9.17, 15) is 9.18 Å². The zero-order valence-corrected chi connectivity index (χ0v) is 14.4. The molecule has 0 unspecified atom stereocenters. The third-order valence-corrected chi connectivity index (χ3v) is 5.09. The molecule has 0 fully saturated rings. The number of amides is 1. The molecule has 1 atom stereocenters. The van der Waals surface area contributed by atoms with Gasteiger partial charge in [0.2, 0.25) is 5.91 Å². The number of nitrogens with one attached hydrogen (secondary N) is 1. The lowest BCUT2D eigenvalue weighted by atomic mass is 9.84. The van der Waals surface area contributed by atoms with Gasteiger partial charge < -0.3 is 5.32 Å². The minimum Gasteiger partial charge on any atom is -0.310 e. The van der Waals surface area contributed by atoms with Crippen molar-refractivity contribution in [1.29, 1.82) is 0 Å². The first-order chi connectivity index (χ1) is 13.2. The Hall–Kier alpha value is -3.47. The predicted molar refractivity (Wildman–Crippen MR) is 103 cm³/mol. The Bertz CT molecular complexity index is 1160. The smallest absolute Gasteiger partial charge is 0.226 e. The number of carbonyl (C=O) groups is 1. The average molecular weight is 357 g/mol. The summed E-state index contributed by atoms with van der Waals surface area (Å²) in [6, 6.07) is 20.4. The summed E-state index contributed by atoms with van der Waals surface area (Å²) in [5, 5.41) is 9.69. The number of aromatic nitrogens is 2. The molecule has 0 bridgehead atoms. The third-order valence-electron chi connectivity index (χ3n) is 5.09. The first-order valence-electron chi connectivity index (χ1n) is 8.82. The van der Waals surface area contributed by atoms with Gasteiger partial charge in [-0.2, -0.15) is 5.10 Å². The van der Waals surface area contributed by atoms with Gasteiger partial charge in [-0.05, 0) is 40.6 Å². The maximum atomic E-state index is 13.3. The second-order valence-electron chi connectivity index (χ2n) is 6.71. The summed E-state index contributed by atoms with van der Waals surface area (Å²) in [4.78, 5) is 12.5. The maximum Gasteiger partial charge on any atom is 0.226 e. The van der Waals surface area contributed by atoms with E-state index >= 15 is 0 Å². The van der Waals surface area contributed by atoms with Gasteiger partial charge in [-0.3, -0.25) is 4.79 Å². The number of carbonyl (C=O) groups excluding carboxylic acids is 1. The zero-order chi connectivity index (χ0) is 18.4.